The van der Waals surface area contributed by atoms with Gasteiger partial charge >= 0.3 is 0 Å². The van der Waals surface area contributed by atoms with Gasteiger partial charge in [-0.1, -0.05) is 18.2 Å². The van der Waals surface area contributed by atoms with Gasteiger partial charge in [0.05, 0.1) is 11.9 Å². The molecule has 17 heavy (non-hydrogen) atoms. The van der Waals surface area contributed by atoms with Gasteiger partial charge in [-0.25, -0.2) is 8.42 Å². The molecule has 0 amide bonds. The van der Waals surface area contributed by atoms with Crippen molar-refractivity contribution in [3.05, 3.63) is 29.3 Å². The fourth-order valence-corrected chi connectivity index (χ4v) is 2.98. The highest BCUT2D eigenvalue weighted by Crippen LogP contribution is 2.26. The summed E-state index contributed by atoms with van der Waals surface area (Å²) < 4.78 is 25.1. The zero-order valence-electron chi connectivity index (χ0n) is 10.8. The second-order valence-electron chi connectivity index (χ2n) is 4.51. The molecule has 0 bridgehead atoms. The van der Waals surface area contributed by atoms with Gasteiger partial charge in [-0.05, 0) is 31.9 Å². The van der Waals surface area contributed by atoms with Crippen LogP contribution in [0.5, 0.6) is 0 Å². The van der Waals surface area contributed by atoms with Gasteiger partial charge in [0, 0.05) is 12.6 Å². The first-order valence-corrected chi connectivity index (χ1v) is 7.38. The molecule has 96 valence electrons. The summed E-state index contributed by atoms with van der Waals surface area (Å²) in [6.45, 7) is 5.90. The molecule has 1 aromatic rings. The largest absolute Gasteiger partial charge is 0.326 e. The van der Waals surface area contributed by atoms with Gasteiger partial charge in [-0.2, -0.15) is 0 Å². The van der Waals surface area contributed by atoms with Gasteiger partial charge in [0.2, 0.25) is 10.0 Å². The lowest BCUT2D eigenvalue weighted by molar-refractivity contribution is 0.591. The quantitative estimate of drug-likeness (QED) is 0.886. The molecule has 0 saturated carbocycles. The summed E-state index contributed by atoms with van der Waals surface area (Å²) >= 11 is 0. The van der Waals surface area contributed by atoms with Crippen molar-refractivity contribution in [2.24, 2.45) is 5.73 Å². The van der Waals surface area contributed by atoms with Crippen LogP contribution in [-0.4, -0.2) is 27.3 Å². The lowest BCUT2D eigenvalue weighted by Crippen LogP contribution is -2.40. The maximum absolute atomic E-state index is 11.8. The van der Waals surface area contributed by atoms with E-state index in [0.29, 0.717) is 6.54 Å². The Kier molecular flexibility index (Phi) is 4.16. The number of hydrogen-bond acceptors (Lipinski definition) is 3. The summed E-state index contributed by atoms with van der Waals surface area (Å²) in [4.78, 5) is 0. The van der Waals surface area contributed by atoms with Crippen LogP contribution in [0.25, 0.3) is 0 Å². The monoisotopic (exact) mass is 256 g/mol. The van der Waals surface area contributed by atoms with E-state index in [9.17, 15) is 8.42 Å². The lowest BCUT2D eigenvalue weighted by atomic mass is 10.1. The molecular weight excluding hydrogens is 236 g/mol. The molecule has 0 spiro atoms. The van der Waals surface area contributed by atoms with Crippen LogP contribution in [-0.2, 0) is 10.0 Å². The molecule has 0 heterocycles. The highest BCUT2D eigenvalue weighted by molar-refractivity contribution is 7.92. The second kappa shape index (κ2) is 5.06. The zero-order valence-corrected chi connectivity index (χ0v) is 11.6. The molecule has 0 aliphatic heterocycles. The second-order valence-corrected chi connectivity index (χ2v) is 6.42. The molecule has 0 radical (unpaired) electrons. The summed E-state index contributed by atoms with van der Waals surface area (Å²) in [5.74, 6) is 0. The van der Waals surface area contributed by atoms with Gasteiger partial charge < -0.3 is 5.73 Å². The van der Waals surface area contributed by atoms with Crippen molar-refractivity contribution >= 4 is 15.7 Å². The van der Waals surface area contributed by atoms with E-state index in [1.165, 1.54) is 10.6 Å². The van der Waals surface area contributed by atoms with Gasteiger partial charge in [0.25, 0.3) is 0 Å². The molecular formula is C12H20N2O2S. The molecule has 0 saturated heterocycles. The Morgan fingerprint density at radius 3 is 2.12 bits per heavy atom. The van der Waals surface area contributed by atoms with Crippen molar-refractivity contribution in [1.82, 2.24) is 0 Å². The van der Waals surface area contributed by atoms with E-state index in [1.807, 2.05) is 32.0 Å². The average molecular weight is 256 g/mol. The van der Waals surface area contributed by atoms with E-state index in [4.69, 9.17) is 5.73 Å². The van der Waals surface area contributed by atoms with E-state index in [1.54, 1.807) is 6.92 Å². The summed E-state index contributed by atoms with van der Waals surface area (Å²) in [6.07, 6.45) is 1.21. The highest BCUT2D eigenvalue weighted by atomic mass is 32.2. The van der Waals surface area contributed by atoms with E-state index >= 15 is 0 Å². The van der Waals surface area contributed by atoms with Gasteiger partial charge in [-0.3, -0.25) is 4.31 Å². The third-order valence-corrected chi connectivity index (χ3v) is 3.68. The minimum Gasteiger partial charge on any atom is -0.326 e. The van der Waals surface area contributed by atoms with Crippen molar-refractivity contribution in [3.8, 4) is 0 Å². The summed E-state index contributed by atoms with van der Waals surface area (Å²) in [6, 6.07) is 5.52. The number of nitrogens with zero attached hydrogens (tertiary/aromatic N) is 1. The first-order valence-electron chi connectivity index (χ1n) is 5.53. The number of benzene rings is 1. The average Bonchev–Trinajstić information content (AvgIpc) is 2.13. The number of sulfonamides is 1. The molecule has 0 aromatic heterocycles. The Balaban J connectivity index is 3.32. The van der Waals surface area contributed by atoms with Gasteiger partial charge in [0.1, 0.15) is 0 Å². The zero-order chi connectivity index (χ0) is 13.2. The number of anilines is 1. The SMILES string of the molecule is Cc1cccc(C)c1N(CC(C)N)S(C)(=O)=O. The molecule has 0 fully saturated rings. The molecule has 0 aliphatic carbocycles. The Labute approximate surface area is 103 Å². The molecule has 1 atom stereocenters. The third-order valence-electron chi connectivity index (χ3n) is 2.54. The maximum atomic E-state index is 11.8. The van der Waals surface area contributed by atoms with Crippen molar-refractivity contribution in [1.29, 1.82) is 0 Å². The van der Waals surface area contributed by atoms with Crippen LogP contribution in [0.15, 0.2) is 18.2 Å². The van der Waals surface area contributed by atoms with Crippen LogP contribution in [0.3, 0.4) is 0 Å². The minimum atomic E-state index is -3.30. The van der Waals surface area contributed by atoms with E-state index in [0.717, 1.165) is 16.8 Å². The van der Waals surface area contributed by atoms with Crippen LogP contribution in [0.4, 0.5) is 5.69 Å². The fraction of sp³-hybridized carbons (Fsp3) is 0.500. The first-order chi connectivity index (χ1) is 7.73. The van der Waals surface area contributed by atoms with Crippen LogP contribution < -0.4 is 10.0 Å². The third kappa shape index (κ3) is 3.44. The lowest BCUT2D eigenvalue weighted by Gasteiger charge is -2.27. The van der Waals surface area contributed by atoms with E-state index in [2.05, 4.69) is 0 Å². The Bertz CT molecular complexity index is 475. The molecule has 1 unspecified atom stereocenters. The topological polar surface area (TPSA) is 63.4 Å². The molecule has 5 heteroatoms. The summed E-state index contributed by atoms with van der Waals surface area (Å²) in [7, 11) is -3.30. The summed E-state index contributed by atoms with van der Waals surface area (Å²) in [5, 5.41) is 0. The van der Waals surface area contributed by atoms with Crippen LogP contribution in [0.2, 0.25) is 0 Å². The van der Waals surface area contributed by atoms with Crippen molar-refractivity contribution in [3.63, 3.8) is 0 Å². The first kappa shape index (κ1) is 14.0. The Morgan fingerprint density at radius 2 is 1.76 bits per heavy atom. The van der Waals surface area contributed by atoms with Crippen molar-refractivity contribution in [2.75, 3.05) is 17.1 Å². The van der Waals surface area contributed by atoms with E-state index < -0.39 is 10.0 Å². The van der Waals surface area contributed by atoms with Crippen LogP contribution >= 0.6 is 0 Å². The Hall–Kier alpha value is -1.07. The molecule has 1 aromatic carbocycles. The molecule has 1 rings (SSSR count). The smallest absolute Gasteiger partial charge is 0.232 e. The maximum Gasteiger partial charge on any atom is 0.232 e. The number of rotatable bonds is 4. The number of nitrogens with two attached hydrogens (primary N) is 1. The van der Waals surface area contributed by atoms with Crippen LogP contribution in [0.1, 0.15) is 18.1 Å². The van der Waals surface area contributed by atoms with Crippen molar-refractivity contribution < 1.29 is 8.42 Å². The molecule has 2 N–H and O–H groups in total. The number of para-hydroxylation sites is 1. The Morgan fingerprint density at radius 1 is 1.29 bits per heavy atom. The van der Waals surface area contributed by atoms with Crippen molar-refractivity contribution in [2.45, 2.75) is 26.8 Å². The number of aryl methyl sites for hydroxylation is 2. The molecule has 0 aliphatic rings. The predicted molar refractivity (Wildman–Crippen MR) is 71.8 cm³/mol. The molecule has 4 nitrogen and oxygen atoms in total. The predicted octanol–water partition coefficient (Wildman–Crippen LogP) is 1.42. The normalized spacial score (nSPS) is 13.5. The summed E-state index contributed by atoms with van der Waals surface area (Å²) in [5.41, 5.74) is 8.35. The highest BCUT2D eigenvalue weighted by Gasteiger charge is 2.21. The van der Waals surface area contributed by atoms with E-state index in [-0.39, 0.29) is 6.04 Å². The minimum absolute atomic E-state index is 0.205. The van der Waals surface area contributed by atoms with Gasteiger partial charge in [0.15, 0.2) is 0 Å². The van der Waals surface area contributed by atoms with Crippen LogP contribution in [0, 0.1) is 13.8 Å². The fourth-order valence-electron chi connectivity index (χ4n) is 1.85. The number of hydrogen-bond donors (Lipinski definition) is 1. The van der Waals surface area contributed by atoms with Gasteiger partial charge in [-0.15, -0.1) is 0 Å². The standard InChI is InChI=1S/C12H20N2O2S/c1-9-6-5-7-10(2)12(9)14(8-11(3)13)17(4,15)16/h5-7,11H,8,13H2,1-4H3.